The molecule has 1 fully saturated rings. The normalized spacial score (nSPS) is 17.1. The van der Waals surface area contributed by atoms with Gasteiger partial charge >= 0.3 is 0 Å². The van der Waals surface area contributed by atoms with E-state index in [1.165, 1.54) is 0 Å². The average molecular weight is 240 g/mol. The van der Waals surface area contributed by atoms with Crippen LogP contribution in [0.5, 0.6) is 0 Å². The van der Waals surface area contributed by atoms with Crippen LogP contribution in [0.2, 0.25) is 0 Å². The van der Waals surface area contributed by atoms with Gasteiger partial charge in [-0.25, -0.2) is 0 Å². The number of carbonyl (C=O) groups is 1. The summed E-state index contributed by atoms with van der Waals surface area (Å²) in [5.74, 6) is 4.53. The molecule has 1 aliphatic heterocycles. The molecule has 0 aromatic rings. The molecule has 1 atom stereocenters. The van der Waals surface area contributed by atoms with Crippen LogP contribution in [-0.2, 0) is 4.79 Å². The van der Waals surface area contributed by atoms with E-state index in [9.17, 15) is 4.79 Å². The zero-order chi connectivity index (χ0) is 11.8. The van der Waals surface area contributed by atoms with Crippen LogP contribution in [0.15, 0.2) is 0 Å². The molecular formula is C12H20N2OS. The topological polar surface area (TPSA) is 32.3 Å². The Balaban J connectivity index is 2.11. The van der Waals surface area contributed by atoms with Crippen LogP contribution in [0, 0.1) is 12.3 Å². The van der Waals surface area contributed by atoms with Gasteiger partial charge in [0, 0.05) is 25.4 Å². The Morgan fingerprint density at radius 1 is 1.56 bits per heavy atom. The molecule has 0 spiro atoms. The van der Waals surface area contributed by atoms with Crippen molar-refractivity contribution in [1.82, 2.24) is 10.2 Å². The molecule has 4 heteroatoms. The van der Waals surface area contributed by atoms with E-state index in [2.05, 4.69) is 11.2 Å². The van der Waals surface area contributed by atoms with Crippen LogP contribution in [0.4, 0.5) is 0 Å². The second kappa shape index (κ2) is 7.59. The first kappa shape index (κ1) is 13.4. The molecule has 3 nitrogen and oxygen atoms in total. The van der Waals surface area contributed by atoms with E-state index in [0.717, 1.165) is 44.0 Å². The number of likely N-dealkylation sites (tertiary alicyclic amines) is 1. The molecule has 0 aromatic heterocycles. The van der Waals surface area contributed by atoms with Gasteiger partial charge in [0.1, 0.15) is 0 Å². The number of carbonyl (C=O) groups excluding carboxylic acids is 1. The molecule has 0 saturated carbocycles. The molecule has 1 saturated heterocycles. The molecule has 1 unspecified atom stereocenters. The van der Waals surface area contributed by atoms with Gasteiger partial charge in [0.2, 0.25) is 5.91 Å². The Labute approximate surface area is 102 Å². The number of amides is 1. The Kier molecular flexibility index (Phi) is 6.36. The minimum atomic E-state index is -0.0652. The van der Waals surface area contributed by atoms with Crippen molar-refractivity contribution < 1.29 is 4.79 Å². The van der Waals surface area contributed by atoms with E-state index in [4.69, 9.17) is 6.42 Å². The first-order valence-electron chi connectivity index (χ1n) is 5.79. The Hall–Kier alpha value is -0.660. The number of rotatable bonds is 6. The molecule has 0 aliphatic carbocycles. The number of nitrogens with zero attached hydrogens (tertiary/aromatic N) is 1. The van der Waals surface area contributed by atoms with E-state index < -0.39 is 0 Å². The van der Waals surface area contributed by atoms with Crippen molar-refractivity contribution in [2.75, 3.05) is 31.1 Å². The van der Waals surface area contributed by atoms with Gasteiger partial charge in [0.15, 0.2) is 0 Å². The molecule has 1 rings (SSSR count). The van der Waals surface area contributed by atoms with Crippen LogP contribution in [0.3, 0.4) is 0 Å². The van der Waals surface area contributed by atoms with Crippen molar-refractivity contribution in [3.63, 3.8) is 0 Å². The largest absolute Gasteiger partial charge is 0.341 e. The smallest absolute Gasteiger partial charge is 0.239 e. The molecule has 1 N–H and O–H groups in total. The van der Waals surface area contributed by atoms with Gasteiger partial charge < -0.3 is 10.2 Å². The minimum Gasteiger partial charge on any atom is -0.341 e. The molecule has 1 heterocycles. The maximum absolute atomic E-state index is 11.9. The van der Waals surface area contributed by atoms with E-state index in [0.29, 0.717) is 0 Å². The molecule has 1 aliphatic rings. The highest BCUT2D eigenvalue weighted by Crippen LogP contribution is 2.08. The maximum atomic E-state index is 11.9. The molecule has 16 heavy (non-hydrogen) atoms. The fourth-order valence-electron chi connectivity index (χ4n) is 1.78. The fourth-order valence-corrected chi connectivity index (χ4v) is 2.30. The third kappa shape index (κ3) is 4.46. The first-order chi connectivity index (χ1) is 7.75. The highest BCUT2D eigenvalue weighted by atomic mass is 32.2. The number of thioether (sulfide) groups is 1. The van der Waals surface area contributed by atoms with Gasteiger partial charge in [0.25, 0.3) is 0 Å². The Morgan fingerprint density at radius 2 is 2.25 bits per heavy atom. The minimum absolute atomic E-state index is 0.0652. The second-order valence-corrected chi connectivity index (χ2v) is 5.07. The monoisotopic (exact) mass is 240 g/mol. The van der Waals surface area contributed by atoms with Gasteiger partial charge in [-0.05, 0) is 19.8 Å². The predicted octanol–water partition coefficient (Wildman–Crippen LogP) is 0.953. The third-order valence-corrected chi connectivity index (χ3v) is 3.53. The highest BCUT2D eigenvalue weighted by molar-refractivity contribution is 7.99. The van der Waals surface area contributed by atoms with Crippen molar-refractivity contribution in [3.05, 3.63) is 0 Å². The third-order valence-electron chi connectivity index (χ3n) is 2.67. The number of nitrogens with one attached hydrogen (secondary N) is 1. The van der Waals surface area contributed by atoms with Gasteiger partial charge in [-0.2, -0.15) is 0 Å². The summed E-state index contributed by atoms with van der Waals surface area (Å²) in [6, 6.07) is -0.0652. The second-order valence-electron chi connectivity index (χ2n) is 3.96. The summed E-state index contributed by atoms with van der Waals surface area (Å²) in [5, 5.41) is 3.24. The van der Waals surface area contributed by atoms with Crippen molar-refractivity contribution in [1.29, 1.82) is 0 Å². The maximum Gasteiger partial charge on any atom is 0.239 e. The van der Waals surface area contributed by atoms with Crippen LogP contribution < -0.4 is 5.32 Å². The van der Waals surface area contributed by atoms with E-state index in [-0.39, 0.29) is 11.9 Å². The Morgan fingerprint density at radius 3 is 2.88 bits per heavy atom. The average Bonchev–Trinajstić information content (AvgIpc) is 2.81. The number of terminal acetylenes is 1. The lowest BCUT2D eigenvalue weighted by atomic mass is 10.3. The first-order valence-corrected chi connectivity index (χ1v) is 6.94. The molecule has 0 radical (unpaired) electrons. The lowest BCUT2D eigenvalue weighted by molar-refractivity contribution is -0.131. The van der Waals surface area contributed by atoms with Crippen molar-refractivity contribution in [2.45, 2.75) is 25.8 Å². The van der Waals surface area contributed by atoms with Crippen molar-refractivity contribution in [2.24, 2.45) is 0 Å². The molecule has 90 valence electrons. The van der Waals surface area contributed by atoms with Gasteiger partial charge in [-0.3, -0.25) is 4.79 Å². The quantitative estimate of drug-likeness (QED) is 0.554. The molecular weight excluding hydrogens is 220 g/mol. The van der Waals surface area contributed by atoms with Gasteiger partial charge in [0.05, 0.1) is 11.8 Å². The van der Waals surface area contributed by atoms with Crippen LogP contribution in [0.25, 0.3) is 0 Å². The van der Waals surface area contributed by atoms with E-state index in [1.807, 2.05) is 11.8 Å². The van der Waals surface area contributed by atoms with Crippen LogP contribution >= 0.6 is 11.8 Å². The number of hydrogen-bond acceptors (Lipinski definition) is 3. The van der Waals surface area contributed by atoms with Crippen molar-refractivity contribution >= 4 is 17.7 Å². The lowest BCUT2D eigenvalue weighted by Crippen LogP contribution is -2.44. The summed E-state index contributed by atoms with van der Waals surface area (Å²) in [6.45, 7) is 4.63. The summed E-state index contributed by atoms with van der Waals surface area (Å²) < 4.78 is 0. The van der Waals surface area contributed by atoms with Gasteiger partial charge in [-0.1, -0.05) is 5.92 Å². The molecule has 1 amide bonds. The highest BCUT2D eigenvalue weighted by Gasteiger charge is 2.22. The zero-order valence-corrected chi connectivity index (χ0v) is 10.7. The summed E-state index contributed by atoms with van der Waals surface area (Å²) in [7, 11) is 0. The lowest BCUT2D eigenvalue weighted by Gasteiger charge is -2.21. The molecule has 0 bridgehead atoms. The summed E-state index contributed by atoms with van der Waals surface area (Å²) in [4.78, 5) is 13.8. The summed E-state index contributed by atoms with van der Waals surface area (Å²) in [5.41, 5.74) is 0. The standard InChI is InChI=1S/C12H20N2OS/c1-3-9-16-10-6-13-11(2)12(15)14-7-4-5-8-14/h1,11,13H,4-10H2,2H3. The fraction of sp³-hybridized carbons (Fsp3) is 0.750. The zero-order valence-electron chi connectivity index (χ0n) is 9.87. The van der Waals surface area contributed by atoms with E-state index >= 15 is 0 Å². The summed E-state index contributed by atoms with van der Waals surface area (Å²) in [6.07, 6.45) is 7.45. The van der Waals surface area contributed by atoms with Crippen molar-refractivity contribution in [3.8, 4) is 12.3 Å². The Bertz CT molecular complexity index is 256. The van der Waals surface area contributed by atoms with Gasteiger partial charge in [-0.15, -0.1) is 18.2 Å². The van der Waals surface area contributed by atoms with Crippen LogP contribution in [0.1, 0.15) is 19.8 Å². The predicted molar refractivity (Wildman–Crippen MR) is 69.4 cm³/mol. The van der Waals surface area contributed by atoms with E-state index in [1.54, 1.807) is 11.8 Å². The number of hydrogen-bond donors (Lipinski definition) is 1. The van der Waals surface area contributed by atoms with Crippen LogP contribution in [-0.4, -0.2) is 48.0 Å². The summed E-state index contributed by atoms with van der Waals surface area (Å²) >= 11 is 1.72. The molecule has 0 aromatic carbocycles. The SMILES string of the molecule is C#CCSCCNC(C)C(=O)N1CCCC1.